The van der Waals surface area contributed by atoms with Gasteiger partial charge in [-0.1, -0.05) is 12.1 Å². The van der Waals surface area contributed by atoms with Crippen molar-refractivity contribution >= 4 is 11.7 Å². The van der Waals surface area contributed by atoms with Gasteiger partial charge in [-0.3, -0.25) is 10.1 Å². The third-order valence-corrected chi connectivity index (χ3v) is 3.17. The van der Waals surface area contributed by atoms with Gasteiger partial charge in [-0.05, 0) is 33.3 Å². The summed E-state index contributed by atoms with van der Waals surface area (Å²) in [6.07, 6.45) is 0. The van der Waals surface area contributed by atoms with Crippen LogP contribution in [0.2, 0.25) is 0 Å². The number of aliphatic hydroxyl groups is 1. The summed E-state index contributed by atoms with van der Waals surface area (Å²) in [6.45, 7) is 7.51. The van der Waals surface area contributed by atoms with Crippen LogP contribution in [0.3, 0.4) is 0 Å². The number of non-ortho nitro benzene ring substituents is 1. The molecule has 1 rings (SSSR count). The molecule has 122 valence electrons. The van der Waals surface area contributed by atoms with E-state index in [0.29, 0.717) is 12.1 Å². The molecule has 0 aliphatic carbocycles. The molecule has 0 unspecified atom stereocenters. The van der Waals surface area contributed by atoms with Gasteiger partial charge in [0.1, 0.15) is 0 Å². The van der Waals surface area contributed by atoms with Crippen LogP contribution >= 0.6 is 0 Å². The number of amides is 2. The first-order valence-electron chi connectivity index (χ1n) is 7.16. The van der Waals surface area contributed by atoms with E-state index in [1.54, 1.807) is 32.9 Å². The van der Waals surface area contributed by atoms with Gasteiger partial charge in [-0.15, -0.1) is 0 Å². The molecule has 0 radical (unpaired) electrons. The van der Waals surface area contributed by atoms with Crippen molar-refractivity contribution in [2.45, 2.75) is 39.3 Å². The fraction of sp³-hybridized carbons (Fsp3) is 0.533. The molecule has 0 aliphatic rings. The molecule has 7 nitrogen and oxygen atoms in total. The third kappa shape index (κ3) is 5.33. The molecule has 1 atom stereocenters. The van der Waals surface area contributed by atoms with Crippen molar-refractivity contribution in [3.05, 3.63) is 39.9 Å². The Labute approximate surface area is 130 Å². The SMILES string of the molecule is CCN(CC(C)(C)O)C(=O)N[C@H](C)c1cccc([N+](=O)[O-])c1. The Hall–Kier alpha value is -2.15. The summed E-state index contributed by atoms with van der Waals surface area (Å²) >= 11 is 0. The first-order chi connectivity index (χ1) is 10.1. The van der Waals surface area contributed by atoms with Crippen molar-refractivity contribution in [3.8, 4) is 0 Å². The summed E-state index contributed by atoms with van der Waals surface area (Å²) in [5.74, 6) is 0. The Balaban J connectivity index is 2.78. The number of carbonyl (C=O) groups excluding carboxylic acids is 1. The smallest absolute Gasteiger partial charge is 0.317 e. The van der Waals surface area contributed by atoms with Gasteiger partial charge in [0.2, 0.25) is 0 Å². The molecular formula is C15H23N3O4. The molecule has 1 aromatic carbocycles. The van der Waals surface area contributed by atoms with Crippen molar-refractivity contribution in [2.75, 3.05) is 13.1 Å². The van der Waals surface area contributed by atoms with Gasteiger partial charge < -0.3 is 15.3 Å². The van der Waals surface area contributed by atoms with Crippen LogP contribution in [0.25, 0.3) is 0 Å². The molecule has 0 saturated carbocycles. The van der Waals surface area contributed by atoms with Gasteiger partial charge >= 0.3 is 6.03 Å². The highest BCUT2D eigenvalue weighted by molar-refractivity contribution is 5.74. The number of benzene rings is 1. The predicted molar refractivity (Wildman–Crippen MR) is 83.6 cm³/mol. The zero-order valence-electron chi connectivity index (χ0n) is 13.4. The number of rotatable bonds is 6. The number of hydrogen-bond donors (Lipinski definition) is 2. The molecule has 0 spiro atoms. The summed E-state index contributed by atoms with van der Waals surface area (Å²) in [4.78, 5) is 24.0. The highest BCUT2D eigenvalue weighted by atomic mass is 16.6. The molecule has 2 amide bonds. The minimum atomic E-state index is -0.984. The number of carbonyl (C=O) groups is 1. The lowest BCUT2D eigenvalue weighted by Gasteiger charge is -2.29. The minimum Gasteiger partial charge on any atom is -0.389 e. The third-order valence-electron chi connectivity index (χ3n) is 3.17. The molecule has 0 heterocycles. The van der Waals surface area contributed by atoms with Crippen molar-refractivity contribution in [2.24, 2.45) is 0 Å². The lowest BCUT2D eigenvalue weighted by atomic mass is 10.1. The second kappa shape index (κ2) is 7.22. The van der Waals surface area contributed by atoms with E-state index in [9.17, 15) is 20.0 Å². The standard InChI is InChI=1S/C15H23N3O4/c1-5-17(10-15(3,4)20)14(19)16-11(2)12-7-6-8-13(9-12)18(21)22/h6-9,11,20H,5,10H2,1-4H3,(H,16,19)/t11-/m1/s1. The van der Waals surface area contributed by atoms with Gasteiger partial charge in [0.05, 0.1) is 23.1 Å². The van der Waals surface area contributed by atoms with Crippen LogP contribution in [0, 0.1) is 10.1 Å². The Morgan fingerprint density at radius 1 is 1.50 bits per heavy atom. The van der Waals surface area contributed by atoms with Crippen molar-refractivity contribution in [1.82, 2.24) is 10.2 Å². The van der Waals surface area contributed by atoms with E-state index in [0.717, 1.165) is 0 Å². The molecule has 0 saturated heterocycles. The van der Waals surface area contributed by atoms with Crippen LogP contribution in [-0.4, -0.2) is 39.7 Å². The number of nitro groups is 1. The number of hydrogen-bond acceptors (Lipinski definition) is 4. The maximum atomic E-state index is 12.2. The maximum absolute atomic E-state index is 12.2. The average molecular weight is 309 g/mol. The van der Waals surface area contributed by atoms with Crippen LogP contribution in [0.5, 0.6) is 0 Å². The van der Waals surface area contributed by atoms with E-state index in [1.807, 2.05) is 6.92 Å². The van der Waals surface area contributed by atoms with Gasteiger partial charge in [0.25, 0.3) is 5.69 Å². The van der Waals surface area contributed by atoms with E-state index in [2.05, 4.69) is 5.32 Å². The van der Waals surface area contributed by atoms with Gasteiger partial charge in [0, 0.05) is 18.7 Å². The topological polar surface area (TPSA) is 95.7 Å². The quantitative estimate of drug-likeness (QED) is 0.623. The van der Waals surface area contributed by atoms with Gasteiger partial charge in [-0.25, -0.2) is 4.79 Å². The molecule has 0 aliphatic heterocycles. The van der Waals surface area contributed by atoms with Gasteiger partial charge in [0.15, 0.2) is 0 Å². The number of urea groups is 1. The number of likely N-dealkylation sites (N-methyl/N-ethyl adjacent to an activating group) is 1. The fourth-order valence-corrected chi connectivity index (χ4v) is 2.06. The highest BCUT2D eigenvalue weighted by Gasteiger charge is 2.22. The van der Waals surface area contributed by atoms with E-state index < -0.39 is 10.5 Å². The molecule has 0 bridgehead atoms. The highest BCUT2D eigenvalue weighted by Crippen LogP contribution is 2.19. The monoisotopic (exact) mass is 309 g/mol. The van der Waals surface area contributed by atoms with Crippen LogP contribution in [-0.2, 0) is 0 Å². The summed E-state index contributed by atoms with van der Waals surface area (Å²) in [5.41, 5.74) is -0.341. The van der Waals surface area contributed by atoms with E-state index in [-0.39, 0.29) is 24.3 Å². The molecule has 22 heavy (non-hydrogen) atoms. The van der Waals surface area contributed by atoms with Crippen LogP contribution in [0.4, 0.5) is 10.5 Å². The average Bonchev–Trinajstić information content (AvgIpc) is 2.43. The first-order valence-corrected chi connectivity index (χ1v) is 7.16. The van der Waals surface area contributed by atoms with Crippen molar-refractivity contribution < 1.29 is 14.8 Å². The van der Waals surface area contributed by atoms with Crippen molar-refractivity contribution in [3.63, 3.8) is 0 Å². The van der Waals surface area contributed by atoms with Gasteiger partial charge in [-0.2, -0.15) is 0 Å². The first kappa shape index (κ1) is 17.9. The number of nitro benzene ring substituents is 1. The lowest BCUT2D eigenvalue weighted by Crippen LogP contribution is -2.47. The Morgan fingerprint density at radius 2 is 2.14 bits per heavy atom. The van der Waals surface area contributed by atoms with Crippen molar-refractivity contribution in [1.29, 1.82) is 0 Å². The summed E-state index contributed by atoms with van der Waals surface area (Å²) in [7, 11) is 0. The number of nitrogens with zero attached hydrogens (tertiary/aromatic N) is 2. The molecule has 0 fully saturated rings. The Kier molecular flexibility index (Phi) is 5.87. The largest absolute Gasteiger partial charge is 0.389 e. The summed E-state index contributed by atoms with van der Waals surface area (Å²) < 4.78 is 0. The van der Waals surface area contributed by atoms with Crippen LogP contribution in [0.15, 0.2) is 24.3 Å². The molecule has 7 heteroatoms. The lowest BCUT2D eigenvalue weighted by molar-refractivity contribution is -0.384. The molecule has 0 aromatic heterocycles. The number of nitrogens with one attached hydrogen (secondary N) is 1. The Morgan fingerprint density at radius 3 is 2.64 bits per heavy atom. The van der Waals surface area contributed by atoms with Crippen LogP contribution < -0.4 is 5.32 Å². The minimum absolute atomic E-state index is 0.0116. The maximum Gasteiger partial charge on any atom is 0.317 e. The molecule has 1 aromatic rings. The zero-order chi connectivity index (χ0) is 16.9. The second-order valence-electron chi connectivity index (χ2n) is 5.85. The fourth-order valence-electron chi connectivity index (χ4n) is 2.06. The molecular weight excluding hydrogens is 286 g/mol. The van der Waals surface area contributed by atoms with E-state index >= 15 is 0 Å². The van der Waals surface area contributed by atoms with E-state index in [4.69, 9.17) is 0 Å². The normalized spacial score (nSPS) is 12.6. The van der Waals surface area contributed by atoms with E-state index in [1.165, 1.54) is 17.0 Å². The molecule has 2 N–H and O–H groups in total. The zero-order valence-corrected chi connectivity index (χ0v) is 13.4. The second-order valence-corrected chi connectivity index (χ2v) is 5.85. The Bertz CT molecular complexity index is 540. The summed E-state index contributed by atoms with van der Waals surface area (Å²) in [5, 5.41) is 23.4. The predicted octanol–water partition coefficient (Wildman–Crippen LogP) is 2.46. The summed E-state index contributed by atoms with van der Waals surface area (Å²) in [6, 6.07) is 5.48. The van der Waals surface area contributed by atoms with Crippen LogP contribution in [0.1, 0.15) is 39.3 Å².